The highest BCUT2D eigenvalue weighted by Gasteiger charge is 2.37. The number of alkyl carbamates (subject to hydrolysis) is 1. The van der Waals surface area contributed by atoms with Crippen molar-refractivity contribution in [3.05, 3.63) is 63.7 Å². The fourth-order valence-electron chi connectivity index (χ4n) is 4.38. The van der Waals surface area contributed by atoms with E-state index < -0.39 is 23.8 Å². The monoisotopic (exact) mass is 543 g/mol. The van der Waals surface area contributed by atoms with Crippen LogP contribution in [0.15, 0.2) is 36.4 Å². The van der Waals surface area contributed by atoms with Gasteiger partial charge in [0.05, 0.1) is 10.7 Å². The highest BCUT2D eigenvalue weighted by Crippen LogP contribution is 2.30. The Hall–Kier alpha value is -3.06. The van der Waals surface area contributed by atoms with Crippen LogP contribution in [0.5, 0.6) is 0 Å². The Bertz CT molecular complexity index is 1120. The van der Waals surface area contributed by atoms with Gasteiger partial charge in [0.1, 0.15) is 17.7 Å². The van der Waals surface area contributed by atoms with E-state index in [0.29, 0.717) is 22.7 Å². The summed E-state index contributed by atoms with van der Waals surface area (Å²) in [7, 11) is 0. The summed E-state index contributed by atoms with van der Waals surface area (Å²) in [6.45, 7) is 17.0. The Labute approximate surface area is 232 Å². The van der Waals surface area contributed by atoms with Crippen molar-refractivity contribution in [1.29, 1.82) is 0 Å². The molecule has 0 saturated heterocycles. The van der Waals surface area contributed by atoms with E-state index in [2.05, 4.69) is 10.6 Å². The lowest BCUT2D eigenvalue weighted by Gasteiger charge is -2.35. The average molecular weight is 544 g/mol. The molecule has 8 heteroatoms. The molecule has 0 aliphatic heterocycles. The molecule has 7 nitrogen and oxygen atoms in total. The largest absolute Gasteiger partial charge is 0.444 e. The summed E-state index contributed by atoms with van der Waals surface area (Å²) in [5, 5.41) is 6.15. The number of anilines is 1. The van der Waals surface area contributed by atoms with Crippen molar-refractivity contribution in [3.63, 3.8) is 0 Å². The van der Waals surface area contributed by atoms with Crippen LogP contribution in [-0.4, -0.2) is 41.0 Å². The van der Waals surface area contributed by atoms with Gasteiger partial charge in [-0.3, -0.25) is 9.59 Å². The smallest absolute Gasteiger partial charge is 0.408 e. The lowest BCUT2D eigenvalue weighted by atomic mass is 9.94. The highest BCUT2D eigenvalue weighted by molar-refractivity contribution is 6.34. The van der Waals surface area contributed by atoms with Gasteiger partial charge in [-0.1, -0.05) is 73.3 Å². The summed E-state index contributed by atoms with van der Waals surface area (Å²) in [5.74, 6) is -0.942. The second-order valence-corrected chi connectivity index (χ2v) is 11.3. The van der Waals surface area contributed by atoms with Gasteiger partial charge in [-0.25, -0.2) is 4.79 Å². The Morgan fingerprint density at radius 3 is 2.13 bits per heavy atom. The van der Waals surface area contributed by atoms with Crippen LogP contribution in [0.1, 0.15) is 76.3 Å². The predicted octanol–water partition coefficient (Wildman–Crippen LogP) is 6.73. The number of benzene rings is 2. The third-order valence-corrected chi connectivity index (χ3v) is 6.68. The minimum Gasteiger partial charge on any atom is -0.444 e. The van der Waals surface area contributed by atoms with Crippen LogP contribution in [0.2, 0.25) is 5.02 Å². The number of para-hydroxylation sites is 1. The van der Waals surface area contributed by atoms with E-state index in [4.69, 9.17) is 16.3 Å². The van der Waals surface area contributed by atoms with Crippen molar-refractivity contribution in [1.82, 2.24) is 10.2 Å². The lowest BCUT2D eigenvalue weighted by molar-refractivity contribution is -0.141. The first kappa shape index (κ1) is 31.2. The van der Waals surface area contributed by atoms with Crippen LogP contribution in [0.3, 0.4) is 0 Å². The summed E-state index contributed by atoms with van der Waals surface area (Å²) >= 11 is 6.41. The first-order chi connectivity index (χ1) is 17.7. The second kappa shape index (κ2) is 13.1. The number of rotatable bonds is 9. The molecule has 0 aliphatic rings. The normalized spacial score (nSPS) is 13.7. The average Bonchev–Trinajstić information content (AvgIpc) is 2.80. The maximum Gasteiger partial charge on any atom is 0.408 e. The molecule has 3 unspecified atom stereocenters. The van der Waals surface area contributed by atoms with Gasteiger partial charge in [0.25, 0.3) is 5.91 Å². The number of halogens is 1. The fraction of sp³-hybridized carbons (Fsp3) is 0.500. The molecule has 0 saturated carbocycles. The van der Waals surface area contributed by atoms with Gasteiger partial charge in [-0.15, -0.1) is 0 Å². The third kappa shape index (κ3) is 8.22. The molecule has 2 aromatic rings. The van der Waals surface area contributed by atoms with Gasteiger partial charge in [0.2, 0.25) is 5.91 Å². The first-order valence-electron chi connectivity index (χ1n) is 13.1. The number of hydrogen-bond donors (Lipinski definition) is 2. The SMILES string of the molecule is CCC(C)C(NC(=O)OC(C)(C)C)C(=O)N(CC)C(C(=O)Nc1c(C)cccc1Cl)c1cc(C)cc(C)c1. The Morgan fingerprint density at radius 1 is 1.03 bits per heavy atom. The van der Waals surface area contributed by atoms with Gasteiger partial charge in [-0.2, -0.15) is 0 Å². The van der Waals surface area contributed by atoms with Crippen molar-refractivity contribution in [2.75, 3.05) is 11.9 Å². The van der Waals surface area contributed by atoms with Gasteiger partial charge in [0, 0.05) is 6.54 Å². The number of nitrogens with one attached hydrogen (secondary N) is 2. The minimum atomic E-state index is -0.950. The number of hydrogen-bond acceptors (Lipinski definition) is 4. The van der Waals surface area contributed by atoms with Crippen molar-refractivity contribution < 1.29 is 19.1 Å². The Kier molecular flexibility index (Phi) is 10.8. The molecule has 0 fully saturated rings. The number of amides is 3. The molecule has 0 aromatic heterocycles. The van der Waals surface area contributed by atoms with Crippen LogP contribution in [-0.2, 0) is 14.3 Å². The summed E-state index contributed by atoms with van der Waals surface area (Å²) in [6, 6.07) is 9.39. The van der Waals surface area contributed by atoms with Crippen molar-refractivity contribution in [2.45, 2.75) is 86.4 Å². The van der Waals surface area contributed by atoms with Crippen molar-refractivity contribution >= 4 is 35.2 Å². The van der Waals surface area contributed by atoms with Gasteiger partial charge >= 0.3 is 6.09 Å². The van der Waals surface area contributed by atoms with Crippen LogP contribution in [0.25, 0.3) is 0 Å². The molecule has 2 rings (SSSR count). The maximum absolute atomic E-state index is 14.1. The number of aryl methyl sites for hydroxylation is 3. The highest BCUT2D eigenvalue weighted by atomic mass is 35.5. The fourth-order valence-corrected chi connectivity index (χ4v) is 4.65. The maximum atomic E-state index is 14.1. The number of nitrogens with zero attached hydrogens (tertiary/aromatic N) is 1. The number of carbonyl (C=O) groups excluding carboxylic acids is 3. The molecule has 0 aliphatic carbocycles. The number of likely N-dealkylation sites (N-methyl/N-ethyl adjacent to an activating group) is 1. The summed E-state index contributed by atoms with van der Waals surface area (Å²) in [5.41, 5.74) is 3.22. The van der Waals surface area contributed by atoms with E-state index in [-0.39, 0.29) is 24.3 Å². The van der Waals surface area contributed by atoms with E-state index in [1.165, 1.54) is 4.90 Å². The zero-order chi connectivity index (χ0) is 28.8. The molecule has 2 N–H and O–H groups in total. The second-order valence-electron chi connectivity index (χ2n) is 10.9. The molecule has 0 radical (unpaired) electrons. The van der Waals surface area contributed by atoms with Crippen LogP contribution < -0.4 is 10.6 Å². The summed E-state index contributed by atoms with van der Waals surface area (Å²) < 4.78 is 5.44. The molecule has 0 bridgehead atoms. The molecule has 0 spiro atoms. The zero-order valence-corrected chi connectivity index (χ0v) is 24.8. The Balaban J connectivity index is 2.56. The van der Waals surface area contributed by atoms with E-state index >= 15 is 0 Å². The van der Waals surface area contributed by atoms with E-state index in [1.807, 2.05) is 71.9 Å². The number of ether oxygens (including phenoxy) is 1. The summed E-state index contributed by atoms with van der Waals surface area (Å²) in [4.78, 5) is 42.2. The van der Waals surface area contributed by atoms with Crippen LogP contribution in [0.4, 0.5) is 10.5 Å². The zero-order valence-electron chi connectivity index (χ0n) is 24.1. The first-order valence-corrected chi connectivity index (χ1v) is 13.5. The van der Waals surface area contributed by atoms with Gasteiger partial charge in [-0.05, 0) is 71.6 Å². The van der Waals surface area contributed by atoms with Crippen molar-refractivity contribution in [3.8, 4) is 0 Å². The van der Waals surface area contributed by atoms with Gasteiger partial charge < -0.3 is 20.3 Å². The molecule has 2 aromatic carbocycles. The van der Waals surface area contributed by atoms with E-state index in [1.54, 1.807) is 26.8 Å². The van der Waals surface area contributed by atoms with Crippen molar-refractivity contribution in [2.24, 2.45) is 5.92 Å². The molecule has 3 atom stereocenters. The topological polar surface area (TPSA) is 87.7 Å². The van der Waals surface area contributed by atoms with Crippen LogP contribution >= 0.6 is 11.6 Å². The lowest BCUT2D eigenvalue weighted by Crippen LogP contribution is -2.54. The summed E-state index contributed by atoms with van der Waals surface area (Å²) in [6.07, 6.45) is -0.0329. The van der Waals surface area contributed by atoms with Gasteiger partial charge in [0.15, 0.2) is 0 Å². The van der Waals surface area contributed by atoms with E-state index in [0.717, 1.165) is 16.7 Å². The van der Waals surface area contributed by atoms with Crippen LogP contribution in [0, 0.1) is 26.7 Å². The standard InChI is InChI=1S/C30H42ClN3O4/c1-10-20(5)25(33-29(37)38-30(7,8)9)28(36)34(11-2)26(22-16-18(3)15-19(4)17-22)27(35)32-24-21(6)13-12-14-23(24)31/h12-17,20,25-26H,10-11H2,1-9H3,(H,32,35)(H,33,37). The molecule has 38 heavy (non-hydrogen) atoms. The molecular formula is C30H42ClN3O4. The van der Waals surface area contributed by atoms with E-state index in [9.17, 15) is 14.4 Å². The minimum absolute atomic E-state index is 0.196. The predicted molar refractivity (Wildman–Crippen MR) is 153 cm³/mol. The Morgan fingerprint density at radius 2 is 1.63 bits per heavy atom. The molecule has 3 amide bonds. The molecule has 208 valence electrons. The molecular weight excluding hydrogens is 502 g/mol. The number of carbonyl (C=O) groups is 3. The third-order valence-electron chi connectivity index (χ3n) is 6.36. The quantitative estimate of drug-likeness (QED) is 0.367. The molecule has 0 heterocycles.